The molecule has 0 saturated carbocycles. The number of carbonyl (C=O) groups excluding carboxylic acids is 3. The van der Waals surface area contributed by atoms with Crippen molar-refractivity contribution in [2.75, 3.05) is 19.7 Å². The molecule has 8 heteroatoms. The molecule has 1 N–H and O–H groups in total. The van der Waals surface area contributed by atoms with Crippen LogP contribution in [-0.4, -0.2) is 41.6 Å². The number of para-hydroxylation sites is 1. The highest BCUT2D eigenvalue weighted by Crippen LogP contribution is 2.32. The van der Waals surface area contributed by atoms with E-state index in [1.165, 1.54) is 18.2 Å². The van der Waals surface area contributed by atoms with Crippen molar-refractivity contribution in [3.8, 4) is 5.75 Å². The summed E-state index contributed by atoms with van der Waals surface area (Å²) in [6.45, 7) is 0.635. The lowest BCUT2D eigenvalue weighted by Crippen LogP contribution is -2.37. The number of hydrogen-bond donors (Lipinski definition) is 1. The summed E-state index contributed by atoms with van der Waals surface area (Å²) in [4.78, 5) is 37.6. The molecule has 30 heavy (non-hydrogen) atoms. The second-order valence-corrected chi connectivity index (χ2v) is 7.46. The van der Waals surface area contributed by atoms with Crippen molar-refractivity contribution >= 4 is 34.9 Å². The van der Waals surface area contributed by atoms with Crippen molar-refractivity contribution in [1.29, 1.82) is 0 Å². The van der Waals surface area contributed by atoms with E-state index >= 15 is 0 Å². The Hall–Kier alpha value is -3.13. The minimum absolute atomic E-state index is 0.0610. The van der Waals surface area contributed by atoms with Gasteiger partial charge in [0.25, 0.3) is 11.1 Å². The van der Waals surface area contributed by atoms with Crippen LogP contribution in [0.5, 0.6) is 5.75 Å². The Labute approximate surface area is 178 Å². The first kappa shape index (κ1) is 21.6. The first-order chi connectivity index (χ1) is 14.5. The third kappa shape index (κ3) is 5.93. The average molecular weight is 428 g/mol. The summed E-state index contributed by atoms with van der Waals surface area (Å²) < 4.78 is 19.3. The van der Waals surface area contributed by atoms with Gasteiger partial charge in [-0.05, 0) is 42.5 Å². The van der Waals surface area contributed by atoms with Crippen molar-refractivity contribution in [1.82, 2.24) is 10.2 Å². The van der Waals surface area contributed by atoms with Gasteiger partial charge in [0.15, 0.2) is 0 Å². The van der Waals surface area contributed by atoms with Crippen molar-refractivity contribution in [2.45, 2.75) is 12.8 Å². The molecule has 0 bridgehead atoms. The number of hydrogen-bond acceptors (Lipinski definition) is 5. The number of amides is 3. The number of nitrogens with one attached hydrogen (secondary N) is 1. The second-order valence-electron chi connectivity index (χ2n) is 6.47. The minimum Gasteiger partial charge on any atom is -0.494 e. The second kappa shape index (κ2) is 10.6. The molecule has 0 radical (unpaired) electrons. The molecule has 6 nitrogen and oxygen atoms in total. The highest BCUT2D eigenvalue weighted by Gasteiger charge is 2.34. The smallest absolute Gasteiger partial charge is 0.293 e. The number of carbonyl (C=O) groups is 3. The van der Waals surface area contributed by atoms with Crippen LogP contribution in [0.15, 0.2) is 59.5 Å². The predicted molar refractivity (Wildman–Crippen MR) is 113 cm³/mol. The Morgan fingerprint density at radius 3 is 2.60 bits per heavy atom. The molecule has 2 aromatic rings. The molecular formula is C22H21FN2O4S. The number of imide groups is 1. The number of rotatable bonds is 9. The van der Waals surface area contributed by atoms with Crippen LogP contribution >= 0.6 is 11.8 Å². The summed E-state index contributed by atoms with van der Waals surface area (Å²) in [5, 5.41) is 2.26. The normalized spacial score (nSPS) is 15.0. The highest BCUT2D eigenvalue weighted by molar-refractivity contribution is 8.18. The number of ether oxygens (including phenoxy) is 1. The fourth-order valence-corrected chi connectivity index (χ4v) is 3.62. The van der Waals surface area contributed by atoms with Crippen LogP contribution in [0.1, 0.15) is 18.4 Å². The third-order valence-electron chi connectivity index (χ3n) is 4.28. The Balaban J connectivity index is 1.40. The van der Waals surface area contributed by atoms with Gasteiger partial charge >= 0.3 is 0 Å². The molecule has 2 aromatic carbocycles. The Morgan fingerprint density at radius 2 is 1.83 bits per heavy atom. The van der Waals surface area contributed by atoms with Crippen LogP contribution in [0.25, 0.3) is 6.08 Å². The largest absolute Gasteiger partial charge is 0.494 e. The van der Waals surface area contributed by atoms with E-state index < -0.39 is 17.0 Å². The molecule has 1 aliphatic heterocycles. The van der Waals surface area contributed by atoms with Gasteiger partial charge in [-0.15, -0.1) is 0 Å². The van der Waals surface area contributed by atoms with Gasteiger partial charge in [-0.1, -0.05) is 36.4 Å². The van der Waals surface area contributed by atoms with E-state index in [2.05, 4.69) is 5.32 Å². The fourth-order valence-electron chi connectivity index (χ4n) is 2.76. The van der Waals surface area contributed by atoms with Gasteiger partial charge in [0.1, 0.15) is 11.6 Å². The molecule has 1 heterocycles. The first-order valence-electron chi connectivity index (χ1n) is 9.49. The molecule has 3 amide bonds. The first-order valence-corrected chi connectivity index (χ1v) is 10.3. The van der Waals surface area contributed by atoms with Crippen molar-refractivity contribution in [3.05, 3.63) is 70.9 Å². The minimum atomic E-state index is -0.487. The fraction of sp³-hybridized carbons (Fsp3) is 0.227. The maximum atomic E-state index is 13.8. The molecule has 0 aromatic heterocycles. The third-order valence-corrected chi connectivity index (χ3v) is 5.19. The summed E-state index contributed by atoms with van der Waals surface area (Å²) in [5.41, 5.74) is 0.244. The molecule has 1 aliphatic rings. The predicted octanol–water partition coefficient (Wildman–Crippen LogP) is 3.84. The summed E-state index contributed by atoms with van der Waals surface area (Å²) in [7, 11) is 0. The average Bonchev–Trinajstić information content (AvgIpc) is 3.01. The quantitative estimate of drug-likeness (QED) is 0.485. The zero-order valence-electron chi connectivity index (χ0n) is 16.2. The van der Waals surface area contributed by atoms with E-state index in [1.807, 2.05) is 30.3 Å². The van der Waals surface area contributed by atoms with Gasteiger partial charge in [-0.3, -0.25) is 19.3 Å². The van der Waals surface area contributed by atoms with Gasteiger partial charge in [0.05, 0.1) is 11.5 Å². The number of nitrogens with zero attached hydrogens (tertiary/aromatic N) is 1. The Kier molecular flexibility index (Phi) is 7.62. The lowest BCUT2D eigenvalue weighted by atomic mass is 10.2. The van der Waals surface area contributed by atoms with E-state index in [4.69, 9.17) is 4.74 Å². The van der Waals surface area contributed by atoms with Crippen molar-refractivity contribution in [3.63, 3.8) is 0 Å². The van der Waals surface area contributed by atoms with Crippen molar-refractivity contribution in [2.24, 2.45) is 0 Å². The molecular weight excluding hydrogens is 407 g/mol. The molecule has 0 aliphatic carbocycles. The van der Waals surface area contributed by atoms with Gasteiger partial charge in [-0.25, -0.2) is 4.39 Å². The summed E-state index contributed by atoms with van der Waals surface area (Å²) in [5.74, 6) is -0.382. The number of benzene rings is 2. The van der Waals surface area contributed by atoms with E-state index in [9.17, 15) is 18.8 Å². The van der Waals surface area contributed by atoms with E-state index in [0.717, 1.165) is 22.4 Å². The standard InChI is InChI=1S/C22H21FN2O4S/c23-18-10-5-4-7-16(18)15-19-21(27)25(22(28)30-19)13-12-24-20(26)11-6-14-29-17-8-2-1-3-9-17/h1-5,7-10,15H,6,11-14H2,(H,24,26)/b19-15+. The molecule has 1 saturated heterocycles. The van der Waals surface area contributed by atoms with Crippen LogP contribution in [0.4, 0.5) is 9.18 Å². The van der Waals surface area contributed by atoms with Gasteiger partial charge in [0, 0.05) is 25.1 Å². The number of thioether (sulfide) groups is 1. The molecule has 0 atom stereocenters. The summed E-state index contributed by atoms with van der Waals surface area (Å²) in [6, 6.07) is 15.4. The molecule has 156 valence electrons. The van der Waals surface area contributed by atoms with Crippen LogP contribution in [0.3, 0.4) is 0 Å². The highest BCUT2D eigenvalue weighted by atomic mass is 32.2. The van der Waals surface area contributed by atoms with E-state index in [1.54, 1.807) is 12.1 Å². The van der Waals surface area contributed by atoms with Crippen LogP contribution in [0.2, 0.25) is 0 Å². The van der Waals surface area contributed by atoms with Gasteiger partial charge < -0.3 is 10.1 Å². The maximum absolute atomic E-state index is 13.8. The molecule has 1 fully saturated rings. The molecule has 0 spiro atoms. The lowest BCUT2D eigenvalue weighted by Gasteiger charge is -2.13. The SMILES string of the molecule is O=C(CCCOc1ccccc1)NCCN1C(=O)S/C(=C/c2ccccc2F)C1=O. The zero-order chi connectivity index (χ0) is 21.3. The van der Waals surface area contributed by atoms with Gasteiger partial charge in [-0.2, -0.15) is 0 Å². The van der Waals surface area contributed by atoms with Crippen LogP contribution in [0, 0.1) is 5.82 Å². The van der Waals surface area contributed by atoms with Crippen molar-refractivity contribution < 1.29 is 23.5 Å². The topological polar surface area (TPSA) is 75.7 Å². The lowest BCUT2D eigenvalue weighted by molar-refractivity contribution is -0.124. The number of halogens is 1. The van der Waals surface area contributed by atoms with Crippen LogP contribution in [-0.2, 0) is 9.59 Å². The van der Waals surface area contributed by atoms with Gasteiger partial charge in [0.2, 0.25) is 5.91 Å². The Bertz CT molecular complexity index is 949. The summed E-state index contributed by atoms with van der Waals surface area (Å²) >= 11 is 0.762. The molecule has 0 unspecified atom stereocenters. The maximum Gasteiger partial charge on any atom is 0.293 e. The molecule has 3 rings (SSSR count). The van der Waals surface area contributed by atoms with E-state index in [-0.39, 0.29) is 35.9 Å². The Morgan fingerprint density at radius 1 is 1.10 bits per heavy atom. The summed E-state index contributed by atoms with van der Waals surface area (Å²) in [6.07, 6.45) is 2.20. The van der Waals surface area contributed by atoms with E-state index in [0.29, 0.717) is 13.0 Å². The van der Waals surface area contributed by atoms with Crippen LogP contribution < -0.4 is 10.1 Å². The zero-order valence-corrected chi connectivity index (χ0v) is 17.0. The monoisotopic (exact) mass is 428 g/mol.